The van der Waals surface area contributed by atoms with Crippen LogP contribution in [0.15, 0.2) is 61.1 Å². The SMILES string of the molecule is COc1ccc(CC2CCCCN2C(=O)c2c[nH]cn2)cc1CC(C)CCCc1ccccc1. The second-order valence-corrected chi connectivity index (χ2v) is 9.64. The first-order chi connectivity index (χ1) is 16.6. The van der Waals surface area contributed by atoms with Crippen molar-refractivity contribution < 1.29 is 9.53 Å². The molecule has 0 bridgehead atoms. The van der Waals surface area contributed by atoms with Gasteiger partial charge in [-0.05, 0) is 73.6 Å². The van der Waals surface area contributed by atoms with Crippen LogP contribution in [-0.2, 0) is 19.3 Å². The topological polar surface area (TPSA) is 58.2 Å². The van der Waals surface area contributed by atoms with E-state index in [9.17, 15) is 4.79 Å². The summed E-state index contributed by atoms with van der Waals surface area (Å²) in [6, 6.07) is 17.5. The summed E-state index contributed by atoms with van der Waals surface area (Å²) in [5.41, 5.74) is 4.47. The number of aromatic amines is 1. The van der Waals surface area contributed by atoms with E-state index in [1.165, 1.54) is 29.5 Å². The van der Waals surface area contributed by atoms with E-state index in [4.69, 9.17) is 4.74 Å². The second kappa shape index (κ2) is 11.9. The number of piperidine rings is 1. The number of benzene rings is 2. The predicted octanol–water partition coefficient (Wildman–Crippen LogP) is 5.86. The summed E-state index contributed by atoms with van der Waals surface area (Å²) in [4.78, 5) is 22.1. The maximum atomic E-state index is 13.0. The number of aryl methyl sites for hydroxylation is 1. The summed E-state index contributed by atoms with van der Waals surface area (Å²) in [5.74, 6) is 1.58. The molecule has 3 aromatic rings. The molecule has 1 saturated heterocycles. The van der Waals surface area contributed by atoms with E-state index in [2.05, 4.69) is 65.4 Å². The van der Waals surface area contributed by atoms with Gasteiger partial charge in [0.2, 0.25) is 0 Å². The number of methoxy groups -OCH3 is 1. The molecule has 180 valence electrons. The van der Waals surface area contributed by atoms with E-state index in [1.807, 2.05) is 4.90 Å². The summed E-state index contributed by atoms with van der Waals surface area (Å²) >= 11 is 0. The summed E-state index contributed by atoms with van der Waals surface area (Å²) in [6.45, 7) is 3.14. The molecule has 1 amide bonds. The van der Waals surface area contributed by atoms with Gasteiger partial charge in [0.25, 0.3) is 5.91 Å². The number of amides is 1. The molecule has 2 unspecified atom stereocenters. The molecule has 1 N–H and O–H groups in total. The number of likely N-dealkylation sites (tertiary alicyclic amines) is 1. The van der Waals surface area contributed by atoms with E-state index in [0.717, 1.165) is 50.8 Å². The third-order valence-electron chi connectivity index (χ3n) is 7.00. The Morgan fingerprint density at radius 1 is 1.18 bits per heavy atom. The lowest BCUT2D eigenvalue weighted by Gasteiger charge is -2.35. The smallest absolute Gasteiger partial charge is 0.274 e. The van der Waals surface area contributed by atoms with Crippen LogP contribution in [0.5, 0.6) is 5.75 Å². The van der Waals surface area contributed by atoms with Gasteiger partial charge in [-0.2, -0.15) is 0 Å². The summed E-state index contributed by atoms with van der Waals surface area (Å²) in [5, 5.41) is 0. The zero-order chi connectivity index (χ0) is 23.8. The lowest BCUT2D eigenvalue weighted by molar-refractivity contribution is 0.0608. The Morgan fingerprint density at radius 3 is 2.79 bits per heavy atom. The number of carbonyl (C=O) groups is 1. The van der Waals surface area contributed by atoms with Gasteiger partial charge in [-0.25, -0.2) is 4.98 Å². The zero-order valence-electron chi connectivity index (χ0n) is 20.5. The highest BCUT2D eigenvalue weighted by Gasteiger charge is 2.28. The van der Waals surface area contributed by atoms with E-state index in [0.29, 0.717) is 11.6 Å². The molecule has 0 radical (unpaired) electrons. The van der Waals surface area contributed by atoms with E-state index < -0.39 is 0 Å². The Hall–Kier alpha value is -3.08. The Balaban J connectivity index is 1.39. The van der Waals surface area contributed by atoms with Crippen molar-refractivity contribution >= 4 is 5.91 Å². The quantitative estimate of drug-likeness (QED) is 0.413. The minimum absolute atomic E-state index is 0.0340. The maximum Gasteiger partial charge on any atom is 0.274 e. The summed E-state index contributed by atoms with van der Waals surface area (Å²) < 4.78 is 5.70. The van der Waals surface area contributed by atoms with Crippen LogP contribution in [0.3, 0.4) is 0 Å². The number of hydrogen-bond donors (Lipinski definition) is 1. The fourth-order valence-corrected chi connectivity index (χ4v) is 5.17. The lowest BCUT2D eigenvalue weighted by Crippen LogP contribution is -2.45. The predicted molar refractivity (Wildman–Crippen MR) is 136 cm³/mol. The average Bonchev–Trinajstić information content (AvgIpc) is 3.40. The Kier molecular flexibility index (Phi) is 8.40. The average molecular weight is 460 g/mol. The lowest BCUT2D eigenvalue weighted by atomic mass is 9.91. The van der Waals surface area contributed by atoms with Gasteiger partial charge in [0.15, 0.2) is 0 Å². The van der Waals surface area contributed by atoms with Crippen molar-refractivity contribution in [3.8, 4) is 5.75 Å². The van der Waals surface area contributed by atoms with Crippen LogP contribution in [-0.4, -0.2) is 40.5 Å². The molecule has 2 aromatic carbocycles. The number of nitrogens with one attached hydrogen (secondary N) is 1. The second-order valence-electron chi connectivity index (χ2n) is 9.64. The van der Waals surface area contributed by atoms with Crippen molar-refractivity contribution in [3.05, 3.63) is 83.4 Å². The van der Waals surface area contributed by atoms with Gasteiger partial charge in [0, 0.05) is 18.8 Å². The Morgan fingerprint density at radius 2 is 2.03 bits per heavy atom. The molecule has 1 aliphatic heterocycles. The Bertz CT molecular complexity index is 1030. The molecular formula is C29H37N3O2. The molecule has 1 aromatic heterocycles. The van der Waals surface area contributed by atoms with Crippen molar-refractivity contribution in [1.29, 1.82) is 0 Å². The van der Waals surface area contributed by atoms with Gasteiger partial charge < -0.3 is 14.6 Å². The monoisotopic (exact) mass is 459 g/mol. The summed E-state index contributed by atoms with van der Waals surface area (Å²) in [6.07, 6.45) is 11.9. The van der Waals surface area contributed by atoms with Crippen LogP contribution in [0, 0.1) is 5.92 Å². The largest absolute Gasteiger partial charge is 0.496 e. The number of rotatable bonds is 10. The summed E-state index contributed by atoms with van der Waals surface area (Å²) in [7, 11) is 1.75. The Labute approximate surface area is 203 Å². The zero-order valence-corrected chi connectivity index (χ0v) is 20.5. The van der Waals surface area contributed by atoms with Gasteiger partial charge in [-0.1, -0.05) is 55.8 Å². The fourth-order valence-electron chi connectivity index (χ4n) is 5.17. The first kappa shape index (κ1) is 24.1. The maximum absolute atomic E-state index is 13.0. The molecule has 5 heteroatoms. The normalized spacial score (nSPS) is 16.9. The van der Waals surface area contributed by atoms with Gasteiger partial charge >= 0.3 is 0 Å². The molecule has 34 heavy (non-hydrogen) atoms. The van der Waals surface area contributed by atoms with Crippen molar-refractivity contribution in [2.75, 3.05) is 13.7 Å². The molecule has 2 atom stereocenters. The van der Waals surface area contributed by atoms with E-state index in [-0.39, 0.29) is 11.9 Å². The van der Waals surface area contributed by atoms with Crippen molar-refractivity contribution in [3.63, 3.8) is 0 Å². The molecular weight excluding hydrogens is 422 g/mol. The van der Waals surface area contributed by atoms with Crippen LogP contribution in [0.2, 0.25) is 0 Å². The number of imidazole rings is 1. The minimum Gasteiger partial charge on any atom is -0.496 e. The number of carbonyl (C=O) groups excluding carboxylic acids is 1. The molecule has 1 aliphatic rings. The molecule has 1 fully saturated rings. The number of hydrogen-bond acceptors (Lipinski definition) is 3. The molecule has 0 saturated carbocycles. The third kappa shape index (κ3) is 6.28. The number of ether oxygens (including phenoxy) is 1. The first-order valence-corrected chi connectivity index (χ1v) is 12.6. The minimum atomic E-state index is 0.0340. The highest BCUT2D eigenvalue weighted by Crippen LogP contribution is 2.28. The standard InChI is InChI=1S/C29H37N3O2/c1-22(9-8-12-23-10-4-3-5-11-23)17-25-18-24(14-15-28(25)34-2)19-26-13-6-7-16-32(26)29(33)27-20-30-21-31-27/h3-5,10-11,14-15,18,20-22,26H,6-9,12-13,16-17,19H2,1-2H3,(H,30,31). The van der Waals surface area contributed by atoms with Crippen LogP contribution in [0.25, 0.3) is 0 Å². The molecule has 0 spiro atoms. The number of H-pyrrole nitrogens is 1. The van der Waals surface area contributed by atoms with Crippen LogP contribution >= 0.6 is 0 Å². The van der Waals surface area contributed by atoms with Gasteiger partial charge in [-0.15, -0.1) is 0 Å². The van der Waals surface area contributed by atoms with Gasteiger partial charge in [0.1, 0.15) is 11.4 Å². The fraction of sp³-hybridized carbons (Fsp3) is 0.448. The first-order valence-electron chi connectivity index (χ1n) is 12.6. The van der Waals surface area contributed by atoms with Crippen molar-refractivity contribution in [2.45, 2.75) is 64.3 Å². The highest BCUT2D eigenvalue weighted by molar-refractivity contribution is 5.92. The molecule has 2 heterocycles. The van der Waals surface area contributed by atoms with Crippen LogP contribution < -0.4 is 4.74 Å². The number of nitrogens with zero attached hydrogens (tertiary/aromatic N) is 2. The highest BCUT2D eigenvalue weighted by atomic mass is 16.5. The van der Waals surface area contributed by atoms with Gasteiger partial charge in [-0.3, -0.25) is 4.79 Å². The number of aromatic nitrogens is 2. The van der Waals surface area contributed by atoms with Crippen molar-refractivity contribution in [1.82, 2.24) is 14.9 Å². The molecule has 5 nitrogen and oxygen atoms in total. The van der Waals surface area contributed by atoms with E-state index in [1.54, 1.807) is 19.6 Å². The van der Waals surface area contributed by atoms with Crippen molar-refractivity contribution in [2.24, 2.45) is 5.92 Å². The molecule has 4 rings (SSSR count). The third-order valence-corrected chi connectivity index (χ3v) is 7.00. The van der Waals surface area contributed by atoms with Crippen LogP contribution in [0.1, 0.15) is 66.2 Å². The van der Waals surface area contributed by atoms with Crippen LogP contribution in [0.4, 0.5) is 0 Å². The van der Waals surface area contributed by atoms with Gasteiger partial charge in [0.05, 0.1) is 13.4 Å². The van der Waals surface area contributed by atoms with E-state index >= 15 is 0 Å². The molecule has 0 aliphatic carbocycles.